The average Bonchev–Trinajstić information content (AvgIpc) is 2.46. The van der Waals surface area contributed by atoms with Crippen molar-refractivity contribution in [2.24, 2.45) is 0 Å². The Labute approximate surface area is 124 Å². The summed E-state index contributed by atoms with van der Waals surface area (Å²) < 4.78 is 9.58. The number of rotatable bonds is 6. The first-order chi connectivity index (χ1) is 10.2. The number of carbonyl (C=O) groups is 2. The largest absolute Gasteiger partial charge is 0.450 e. The van der Waals surface area contributed by atoms with E-state index in [1.807, 2.05) is 30.3 Å². The molecule has 0 bridgehead atoms. The van der Waals surface area contributed by atoms with Crippen LogP contribution in [0.1, 0.15) is 19.4 Å². The Bertz CT molecular complexity index is 454. The highest BCUT2D eigenvalue weighted by Crippen LogP contribution is 2.02. The first-order valence-corrected chi connectivity index (χ1v) is 6.75. The van der Waals surface area contributed by atoms with Gasteiger partial charge in [-0.15, -0.1) is 0 Å². The minimum atomic E-state index is -0.719. The summed E-state index contributed by atoms with van der Waals surface area (Å²) in [6, 6.07) is 9.51. The second-order valence-electron chi connectivity index (χ2n) is 3.98. The zero-order chi connectivity index (χ0) is 15.5. The van der Waals surface area contributed by atoms with Crippen LogP contribution in [-0.4, -0.2) is 31.6 Å². The lowest BCUT2D eigenvalue weighted by Crippen LogP contribution is -2.47. The van der Waals surface area contributed by atoms with Gasteiger partial charge in [0.25, 0.3) is 0 Å². The number of hydrogen-bond acceptors (Lipinski definition) is 4. The fourth-order valence-corrected chi connectivity index (χ4v) is 1.50. The summed E-state index contributed by atoms with van der Waals surface area (Å²) in [6.45, 7) is 3.90. The molecule has 0 unspecified atom stereocenters. The minimum absolute atomic E-state index is 0.250. The predicted octanol–water partition coefficient (Wildman–Crippen LogP) is 2.52. The molecule has 1 aromatic carbocycles. The van der Waals surface area contributed by atoms with Crippen molar-refractivity contribution in [1.29, 1.82) is 0 Å². The van der Waals surface area contributed by atoms with Crippen LogP contribution in [0.5, 0.6) is 0 Å². The Hall–Kier alpha value is -2.50. The van der Waals surface area contributed by atoms with Crippen molar-refractivity contribution in [1.82, 2.24) is 10.6 Å². The van der Waals surface area contributed by atoms with Crippen molar-refractivity contribution in [2.45, 2.75) is 20.0 Å². The molecule has 2 amide bonds. The molecule has 114 valence electrons. The van der Waals surface area contributed by atoms with E-state index in [-0.39, 0.29) is 13.2 Å². The van der Waals surface area contributed by atoms with E-state index in [0.29, 0.717) is 0 Å². The Balaban J connectivity index is 2.68. The maximum absolute atomic E-state index is 11.4. The number of alkyl carbamates (subject to hydrolysis) is 2. The van der Waals surface area contributed by atoms with Crippen LogP contribution in [0, 0.1) is 0 Å². The fraction of sp³-hybridized carbons (Fsp3) is 0.333. The van der Waals surface area contributed by atoms with E-state index in [4.69, 9.17) is 9.47 Å². The summed E-state index contributed by atoms with van der Waals surface area (Å²) in [5, 5.41) is 5.04. The fourth-order valence-electron chi connectivity index (χ4n) is 1.50. The normalized spacial score (nSPS) is 10.4. The molecule has 0 fully saturated rings. The van der Waals surface area contributed by atoms with Gasteiger partial charge in [-0.2, -0.15) is 0 Å². The van der Waals surface area contributed by atoms with E-state index in [0.717, 1.165) is 5.56 Å². The van der Waals surface area contributed by atoms with E-state index in [9.17, 15) is 9.59 Å². The van der Waals surface area contributed by atoms with Crippen LogP contribution in [0.15, 0.2) is 36.4 Å². The molecular weight excluding hydrogens is 272 g/mol. The first-order valence-electron chi connectivity index (χ1n) is 6.75. The number of carbonyl (C=O) groups excluding carboxylic acids is 2. The van der Waals surface area contributed by atoms with E-state index in [1.165, 1.54) is 0 Å². The molecular formula is C15H20N2O4. The molecule has 0 saturated heterocycles. The lowest BCUT2D eigenvalue weighted by atomic mass is 10.2. The van der Waals surface area contributed by atoms with Gasteiger partial charge in [0.05, 0.1) is 13.2 Å². The Morgan fingerprint density at radius 2 is 1.57 bits per heavy atom. The molecule has 21 heavy (non-hydrogen) atoms. The zero-order valence-electron chi connectivity index (χ0n) is 12.2. The highest BCUT2D eigenvalue weighted by atomic mass is 16.6. The molecule has 0 spiro atoms. The van der Waals surface area contributed by atoms with Crippen molar-refractivity contribution >= 4 is 18.3 Å². The number of benzene rings is 1. The Morgan fingerprint density at radius 3 is 2.05 bits per heavy atom. The molecule has 1 rings (SSSR count). The summed E-state index contributed by atoms with van der Waals surface area (Å²) in [5.41, 5.74) is 0.943. The van der Waals surface area contributed by atoms with Gasteiger partial charge in [-0.1, -0.05) is 36.4 Å². The maximum Gasteiger partial charge on any atom is 0.408 e. The van der Waals surface area contributed by atoms with Gasteiger partial charge in [0.1, 0.15) is 6.17 Å². The third kappa shape index (κ3) is 7.00. The van der Waals surface area contributed by atoms with Crippen molar-refractivity contribution in [2.75, 3.05) is 13.2 Å². The molecule has 0 aliphatic heterocycles. The molecule has 2 N–H and O–H groups in total. The number of hydrogen-bond donors (Lipinski definition) is 2. The molecule has 0 heterocycles. The van der Waals surface area contributed by atoms with Gasteiger partial charge in [-0.3, -0.25) is 10.6 Å². The van der Waals surface area contributed by atoms with E-state index < -0.39 is 18.4 Å². The van der Waals surface area contributed by atoms with Gasteiger partial charge < -0.3 is 9.47 Å². The van der Waals surface area contributed by atoms with E-state index >= 15 is 0 Å². The summed E-state index contributed by atoms with van der Waals surface area (Å²) in [5.74, 6) is 0. The van der Waals surface area contributed by atoms with E-state index in [2.05, 4.69) is 10.6 Å². The van der Waals surface area contributed by atoms with Gasteiger partial charge in [-0.25, -0.2) is 9.59 Å². The molecule has 0 aliphatic carbocycles. The highest BCUT2D eigenvalue weighted by molar-refractivity contribution is 5.72. The lowest BCUT2D eigenvalue weighted by molar-refractivity contribution is 0.139. The molecule has 0 saturated carbocycles. The third-order valence-corrected chi connectivity index (χ3v) is 2.38. The Morgan fingerprint density at radius 1 is 1.05 bits per heavy atom. The van der Waals surface area contributed by atoms with Crippen molar-refractivity contribution in [3.63, 3.8) is 0 Å². The van der Waals surface area contributed by atoms with Crippen LogP contribution in [0.4, 0.5) is 9.59 Å². The predicted molar refractivity (Wildman–Crippen MR) is 79.6 cm³/mol. The van der Waals surface area contributed by atoms with Crippen LogP contribution in [0.25, 0.3) is 6.08 Å². The Kier molecular flexibility index (Phi) is 7.42. The van der Waals surface area contributed by atoms with Gasteiger partial charge in [0.15, 0.2) is 0 Å². The molecule has 0 aliphatic rings. The van der Waals surface area contributed by atoms with Gasteiger partial charge in [0.2, 0.25) is 0 Å². The van der Waals surface area contributed by atoms with Crippen molar-refractivity contribution in [3.05, 3.63) is 42.0 Å². The summed E-state index contributed by atoms with van der Waals surface area (Å²) in [7, 11) is 0. The smallest absolute Gasteiger partial charge is 0.408 e. The number of nitrogens with one attached hydrogen (secondary N) is 2. The molecule has 0 aromatic heterocycles. The standard InChI is InChI=1S/C15H20N2O4/c1-3-20-14(18)16-13(17-15(19)21-4-2)11-10-12-8-6-5-7-9-12/h5-11,13H,3-4H2,1-2H3,(H,16,18)(H,17,19). The van der Waals surface area contributed by atoms with Crippen LogP contribution < -0.4 is 10.6 Å². The number of amides is 2. The second-order valence-corrected chi connectivity index (χ2v) is 3.98. The summed E-state index contributed by atoms with van der Waals surface area (Å²) in [6.07, 6.45) is 1.48. The van der Waals surface area contributed by atoms with E-state index in [1.54, 1.807) is 26.0 Å². The first kappa shape index (κ1) is 16.6. The topological polar surface area (TPSA) is 76.7 Å². The van der Waals surface area contributed by atoms with Crippen molar-refractivity contribution < 1.29 is 19.1 Å². The zero-order valence-corrected chi connectivity index (χ0v) is 12.2. The molecule has 0 radical (unpaired) electrons. The molecule has 1 aromatic rings. The molecule has 0 atom stereocenters. The monoisotopic (exact) mass is 292 g/mol. The van der Waals surface area contributed by atoms with Gasteiger partial charge >= 0.3 is 12.2 Å². The van der Waals surface area contributed by atoms with Crippen LogP contribution in [0.3, 0.4) is 0 Å². The quantitative estimate of drug-likeness (QED) is 0.790. The van der Waals surface area contributed by atoms with Crippen LogP contribution in [0.2, 0.25) is 0 Å². The van der Waals surface area contributed by atoms with Crippen LogP contribution >= 0.6 is 0 Å². The summed E-state index contributed by atoms with van der Waals surface area (Å²) >= 11 is 0. The van der Waals surface area contributed by atoms with Crippen LogP contribution in [-0.2, 0) is 9.47 Å². The average molecular weight is 292 g/mol. The van der Waals surface area contributed by atoms with Gasteiger partial charge in [0, 0.05) is 0 Å². The van der Waals surface area contributed by atoms with Gasteiger partial charge in [-0.05, 0) is 25.5 Å². The SMILES string of the molecule is CCOC(=O)NC(C=Cc1ccccc1)NC(=O)OCC. The molecule has 6 heteroatoms. The second kappa shape index (κ2) is 9.41. The highest BCUT2D eigenvalue weighted by Gasteiger charge is 2.13. The lowest BCUT2D eigenvalue weighted by Gasteiger charge is -2.16. The minimum Gasteiger partial charge on any atom is -0.450 e. The van der Waals surface area contributed by atoms with Crippen molar-refractivity contribution in [3.8, 4) is 0 Å². The number of ether oxygens (including phenoxy) is 2. The summed E-state index contributed by atoms with van der Waals surface area (Å²) in [4.78, 5) is 22.9. The molecule has 6 nitrogen and oxygen atoms in total. The maximum atomic E-state index is 11.4. The third-order valence-electron chi connectivity index (χ3n) is 2.38.